The van der Waals surface area contributed by atoms with Gasteiger partial charge in [0.15, 0.2) is 0 Å². The van der Waals surface area contributed by atoms with Gasteiger partial charge in [0, 0.05) is 25.1 Å². The molecule has 25 heavy (non-hydrogen) atoms. The zero-order chi connectivity index (χ0) is 18.0. The second-order valence-electron chi connectivity index (χ2n) is 7.15. The Kier molecular flexibility index (Phi) is 5.64. The summed E-state index contributed by atoms with van der Waals surface area (Å²) in [5, 5.41) is 0. The van der Waals surface area contributed by atoms with Crippen molar-refractivity contribution in [1.29, 1.82) is 0 Å². The van der Waals surface area contributed by atoms with E-state index in [1.807, 2.05) is 30.9 Å². The first-order valence-corrected chi connectivity index (χ1v) is 9.13. The summed E-state index contributed by atoms with van der Waals surface area (Å²) in [6, 6.07) is 3.96. The third-order valence-electron chi connectivity index (χ3n) is 5.64. The molecule has 1 aliphatic heterocycles. The lowest BCUT2D eigenvalue weighted by molar-refractivity contribution is -0.0460. The topological polar surface area (TPSA) is 48.0 Å². The minimum absolute atomic E-state index is 0.0870. The van der Waals surface area contributed by atoms with Crippen LogP contribution in [0, 0.1) is 19.8 Å². The monoisotopic (exact) mass is 347 g/mol. The number of rotatable bonds is 4. The Bertz CT molecular complexity index is 607. The van der Waals surface area contributed by atoms with Gasteiger partial charge in [-0.3, -0.25) is 4.79 Å². The summed E-state index contributed by atoms with van der Waals surface area (Å²) >= 11 is 0. The molecular formula is C20H29NO4. The minimum Gasteiger partial charge on any atom is -0.496 e. The second-order valence-corrected chi connectivity index (χ2v) is 7.15. The van der Waals surface area contributed by atoms with Gasteiger partial charge in [0.05, 0.1) is 32.5 Å². The predicted molar refractivity (Wildman–Crippen MR) is 96.2 cm³/mol. The highest BCUT2D eigenvalue weighted by Gasteiger charge is 2.40. The molecule has 2 aliphatic rings. The summed E-state index contributed by atoms with van der Waals surface area (Å²) in [6.45, 7) is 5.81. The first kappa shape index (κ1) is 18.2. The van der Waals surface area contributed by atoms with E-state index in [9.17, 15) is 4.79 Å². The first-order valence-electron chi connectivity index (χ1n) is 9.13. The van der Waals surface area contributed by atoms with Gasteiger partial charge in [-0.1, -0.05) is 6.42 Å². The Labute approximate surface area is 150 Å². The number of hydrogen-bond acceptors (Lipinski definition) is 4. The Morgan fingerprint density at radius 1 is 1.20 bits per heavy atom. The molecule has 1 aromatic carbocycles. The van der Waals surface area contributed by atoms with Gasteiger partial charge in [0.2, 0.25) is 0 Å². The molecule has 0 spiro atoms. The SMILES string of the molecule is COc1c(C)cc(C(=O)N2CCOCC2C2CCCC2OC)cc1C. The number of amides is 1. The van der Waals surface area contributed by atoms with Gasteiger partial charge in [-0.05, 0) is 49.9 Å². The molecule has 0 radical (unpaired) electrons. The maximum atomic E-state index is 13.3. The average Bonchev–Trinajstić information content (AvgIpc) is 3.09. The molecule has 5 heteroatoms. The van der Waals surface area contributed by atoms with Gasteiger partial charge in [0.1, 0.15) is 5.75 Å². The van der Waals surface area contributed by atoms with Crippen LogP contribution < -0.4 is 4.74 Å². The van der Waals surface area contributed by atoms with Gasteiger partial charge in [-0.2, -0.15) is 0 Å². The Morgan fingerprint density at radius 2 is 1.92 bits per heavy atom. The van der Waals surface area contributed by atoms with E-state index in [-0.39, 0.29) is 18.1 Å². The molecule has 1 aliphatic carbocycles. The summed E-state index contributed by atoms with van der Waals surface area (Å²) in [7, 11) is 3.44. The standard InChI is InChI=1S/C20H29NO4/c1-13-10-15(11-14(2)19(13)24-4)20(22)21-8-9-25-12-17(21)16-6-5-7-18(16)23-3/h10-11,16-18H,5-9,12H2,1-4H3. The fourth-order valence-electron chi connectivity index (χ4n) is 4.48. The Hall–Kier alpha value is -1.59. The van der Waals surface area contributed by atoms with Crippen molar-refractivity contribution < 1.29 is 19.0 Å². The smallest absolute Gasteiger partial charge is 0.254 e. The lowest BCUT2D eigenvalue weighted by atomic mass is 9.93. The molecular weight excluding hydrogens is 318 g/mol. The van der Waals surface area contributed by atoms with Crippen LogP contribution in [0.2, 0.25) is 0 Å². The molecule has 3 rings (SSSR count). The molecule has 1 saturated heterocycles. The normalized spacial score (nSPS) is 26.7. The molecule has 5 nitrogen and oxygen atoms in total. The molecule has 0 bridgehead atoms. The van der Waals surface area contributed by atoms with E-state index >= 15 is 0 Å². The number of carbonyl (C=O) groups excluding carboxylic acids is 1. The van der Waals surface area contributed by atoms with Crippen molar-refractivity contribution in [2.45, 2.75) is 45.3 Å². The first-order chi connectivity index (χ1) is 12.1. The average molecular weight is 347 g/mol. The van der Waals surface area contributed by atoms with Crippen LogP contribution in [0.15, 0.2) is 12.1 Å². The van der Waals surface area contributed by atoms with Crippen LogP contribution >= 0.6 is 0 Å². The van der Waals surface area contributed by atoms with E-state index in [1.165, 1.54) is 0 Å². The van der Waals surface area contributed by atoms with Gasteiger partial charge in [-0.15, -0.1) is 0 Å². The number of methoxy groups -OCH3 is 2. The lowest BCUT2D eigenvalue weighted by Gasteiger charge is -2.40. The molecule has 2 fully saturated rings. The van der Waals surface area contributed by atoms with E-state index < -0.39 is 0 Å². The third-order valence-corrected chi connectivity index (χ3v) is 5.64. The lowest BCUT2D eigenvalue weighted by Crippen LogP contribution is -2.53. The van der Waals surface area contributed by atoms with Gasteiger partial charge in [-0.25, -0.2) is 0 Å². The van der Waals surface area contributed by atoms with Crippen LogP contribution in [0.3, 0.4) is 0 Å². The Morgan fingerprint density at radius 3 is 2.56 bits per heavy atom. The largest absolute Gasteiger partial charge is 0.496 e. The van der Waals surface area contributed by atoms with Crippen LogP contribution in [0.4, 0.5) is 0 Å². The number of benzene rings is 1. The zero-order valence-corrected chi connectivity index (χ0v) is 15.7. The molecule has 0 aromatic heterocycles. The summed E-state index contributed by atoms with van der Waals surface area (Å²) in [6.07, 6.45) is 3.54. The third kappa shape index (κ3) is 3.53. The van der Waals surface area contributed by atoms with E-state index in [1.54, 1.807) is 14.2 Å². The van der Waals surface area contributed by atoms with Crippen LogP contribution in [-0.2, 0) is 9.47 Å². The fraction of sp³-hybridized carbons (Fsp3) is 0.650. The number of hydrogen-bond donors (Lipinski definition) is 0. The molecule has 1 aromatic rings. The maximum Gasteiger partial charge on any atom is 0.254 e. The molecule has 1 saturated carbocycles. The number of ether oxygens (including phenoxy) is 3. The van der Waals surface area contributed by atoms with Crippen molar-refractivity contribution in [2.24, 2.45) is 5.92 Å². The van der Waals surface area contributed by atoms with Crippen LogP contribution in [0.1, 0.15) is 40.7 Å². The summed E-state index contributed by atoms with van der Waals surface area (Å²) in [4.78, 5) is 15.3. The van der Waals surface area contributed by atoms with E-state index in [2.05, 4.69) is 0 Å². The van der Waals surface area contributed by atoms with Crippen molar-refractivity contribution in [1.82, 2.24) is 4.90 Å². The molecule has 1 amide bonds. The molecule has 138 valence electrons. The molecule has 3 unspecified atom stereocenters. The number of morpholine rings is 1. The summed E-state index contributed by atoms with van der Waals surface area (Å²) in [5.74, 6) is 1.30. The molecule has 1 heterocycles. The number of nitrogens with zero attached hydrogens (tertiary/aromatic N) is 1. The molecule has 3 atom stereocenters. The second kappa shape index (κ2) is 7.75. The van der Waals surface area contributed by atoms with Crippen molar-refractivity contribution in [3.05, 3.63) is 28.8 Å². The maximum absolute atomic E-state index is 13.3. The highest BCUT2D eigenvalue weighted by atomic mass is 16.5. The zero-order valence-electron chi connectivity index (χ0n) is 15.7. The van der Waals surface area contributed by atoms with E-state index in [0.29, 0.717) is 25.7 Å². The quantitative estimate of drug-likeness (QED) is 0.840. The van der Waals surface area contributed by atoms with Crippen LogP contribution in [0.5, 0.6) is 5.75 Å². The van der Waals surface area contributed by atoms with Crippen LogP contribution in [0.25, 0.3) is 0 Å². The highest BCUT2D eigenvalue weighted by molar-refractivity contribution is 5.95. The van der Waals surface area contributed by atoms with Crippen molar-refractivity contribution in [3.8, 4) is 5.75 Å². The van der Waals surface area contributed by atoms with Gasteiger partial charge >= 0.3 is 0 Å². The Balaban J connectivity index is 1.86. The van der Waals surface area contributed by atoms with Crippen LogP contribution in [-0.4, -0.2) is 56.9 Å². The van der Waals surface area contributed by atoms with Gasteiger partial charge < -0.3 is 19.1 Å². The minimum atomic E-state index is 0.0870. The van der Waals surface area contributed by atoms with Gasteiger partial charge in [0.25, 0.3) is 5.91 Å². The van der Waals surface area contributed by atoms with E-state index in [4.69, 9.17) is 14.2 Å². The summed E-state index contributed by atoms with van der Waals surface area (Å²) < 4.78 is 16.8. The number of aryl methyl sites for hydroxylation is 2. The highest BCUT2D eigenvalue weighted by Crippen LogP contribution is 2.35. The number of carbonyl (C=O) groups is 1. The fourth-order valence-corrected chi connectivity index (χ4v) is 4.48. The summed E-state index contributed by atoms with van der Waals surface area (Å²) in [5.41, 5.74) is 2.72. The molecule has 0 N–H and O–H groups in total. The van der Waals surface area contributed by atoms with Crippen molar-refractivity contribution >= 4 is 5.91 Å². The van der Waals surface area contributed by atoms with Crippen molar-refractivity contribution in [3.63, 3.8) is 0 Å². The van der Waals surface area contributed by atoms with E-state index in [0.717, 1.165) is 41.7 Å². The van der Waals surface area contributed by atoms with Crippen molar-refractivity contribution in [2.75, 3.05) is 34.0 Å². The predicted octanol–water partition coefficient (Wildman–Crippen LogP) is 2.97.